The van der Waals surface area contributed by atoms with Gasteiger partial charge in [-0.3, -0.25) is 9.69 Å². The van der Waals surface area contributed by atoms with E-state index in [4.69, 9.17) is 9.97 Å². The third kappa shape index (κ3) is 3.45. The fraction of sp³-hybridized carbons (Fsp3) is 0.522. The minimum atomic E-state index is -0.244. The number of nitrogens with zero attached hydrogens (tertiary/aromatic N) is 4. The van der Waals surface area contributed by atoms with E-state index in [-0.39, 0.29) is 11.8 Å². The third-order valence-corrected chi connectivity index (χ3v) is 6.88. The van der Waals surface area contributed by atoms with Crippen molar-refractivity contribution in [3.8, 4) is 0 Å². The molecular weight excluding hydrogens is 428 g/mol. The zero-order chi connectivity index (χ0) is 20.9. The van der Waals surface area contributed by atoms with Gasteiger partial charge in [-0.15, -0.1) is 0 Å². The number of halogens is 1. The van der Waals surface area contributed by atoms with Crippen LogP contribution in [0, 0.1) is 26.7 Å². The summed E-state index contributed by atoms with van der Waals surface area (Å²) < 4.78 is 1.02. The molecule has 29 heavy (non-hydrogen) atoms. The van der Waals surface area contributed by atoms with E-state index in [1.807, 2.05) is 32.6 Å². The lowest BCUT2D eigenvalue weighted by molar-refractivity contribution is -0.118. The Balaban J connectivity index is 1.83. The topological polar surface area (TPSA) is 49.3 Å². The zero-order valence-corrected chi connectivity index (χ0v) is 19.5. The molecule has 1 aromatic carbocycles. The number of fused-ring (bicyclic) bond motifs is 1. The number of carbonyl (C=O) groups is 1. The number of anilines is 3. The van der Waals surface area contributed by atoms with Crippen LogP contribution in [0.25, 0.3) is 0 Å². The van der Waals surface area contributed by atoms with E-state index in [0.29, 0.717) is 0 Å². The molecule has 3 heterocycles. The van der Waals surface area contributed by atoms with Gasteiger partial charge in [0.2, 0.25) is 5.91 Å². The fourth-order valence-electron chi connectivity index (χ4n) is 4.80. The second-order valence-corrected chi connectivity index (χ2v) is 9.37. The van der Waals surface area contributed by atoms with Gasteiger partial charge in [-0.2, -0.15) is 0 Å². The summed E-state index contributed by atoms with van der Waals surface area (Å²) in [6, 6.07) is 4.12. The first-order chi connectivity index (χ1) is 13.8. The van der Waals surface area contributed by atoms with Crippen LogP contribution in [0.1, 0.15) is 61.5 Å². The molecule has 0 spiro atoms. The van der Waals surface area contributed by atoms with Crippen molar-refractivity contribution in [3.63, 3.8) is 0 Å². The van der Waals surface area contributed by atoms with Gasteiger partial charge in [-0.25, -0.2) is 9.97 Å². The van der Waals surface area contributed by atoms with Crippen molar-refractivity contribution in [2.24, 2.45) is 5.92 Å². The van der Waals surface area contributed by atoms with Gasteiger partial charge in [-0.1, -0.05) is 29.3 Å². The summed E-state index contributed by atoms with van der Waals surface area (Å²) >= 11 is 3.56. The molecule has 2 aromatic rings. The van der Waals surface area contributed by atoms with Crippen LogP contribution in [0.3, 0.4) is 0 Å². The van der Waals surface area contributed by atoms with E-state index < -0.39 is 0 Å². The largest absolute Gasteiger partial charge is 0.356 e. The highest BCUT2D eigenvalue weighted by atomic mass is 79.9. The molecule has 0 bridgehead atoms. The van der Waals surface area contributed by atoms with Crippen LogP contribution >= 0.6 is 15.9 Å². The van der Waals surface area contributed by atoms with Gasteiger partial charge in [0, 0.05) is 17.6 Å². The number of aromatic nitrogens is 2. The Kier molecular flexibility index (Phi) is 5.40. The summed E-state index contributed by atoms with van der Waals surface area (Å²) in [5.74, 6) is 3.07. The van der Waals surface area contributed by atoms with Crippen molar-refractivity contribution in [2.75, 3.05) is 22.9 Å². The molecule has 4 rings (SSSR count). The maximum absolute atomic E-state index is 13.4. The first-order valence-electron chi connectivity index (χ1n) is 10.6. The number of piperidine rings is 1. The molecule has 2 aliphatic rings. The summed E-state index contributed by atoms with van der Waals surface area (Å²) in [7, 11) is 0. The zero-order valence-electron chi connectivity index (χ0n) is 17.9. The fourth-order valence-corrected chi connectivity index (χ4v) is 5.48. The van der Waals surface area contributed by atoms with E-state index >= 15 is 0 Å². The number of rotatable bonds is 3. The van der Waals surface area contributed by atoms with Crippen molar-refractivity contribution in [2.45, 2.75) is 59.8 Å². The highest BCUT2D eigenvalue weighted by Crippen LogP contribution is 2.47. The van der Waals surface area contributed by atoms with E-state index in [9.17, 15) is 4.79 Å². The Labute approximate surface area is 181 Å². The Morgan fingerprint density at radius 3 is 2.24 bits per heavy atom. The second-order valence-electron chi connectivity index (χ2n) is 8.45. The van der Waals surface area contributed by atoms with Gasteiger partial charge in [-0.05, 0) is 69.7 Å². The number of hydrogen-bond acceptors (Lipinski definition) is 4. The summed E-state index contributed by atoms with van der Waals surface area (Å²) in [4.78, 5) is 27.2. The van der Waals surface area contributed by atoms with Crippen molar-refractivity contribution in [1.29, 1.82) is 0 Å². The summed E-state index contributed by atoms with van der Waals surface area (Å²) in [5, 5.41) is 0. The van der Waals surface area contributed by atoms with Crippen molar-refractivity contribution >= 4 is 39.2 Å². The van der Waals surface area contributed by atoms with Crippen LogP contribution in [0.15, 0.2) is 16.6 Å². The molecular formula is C23H29BrN4O. The third-order valence-electron chi connectivity index (χ3n) is 6.42. The second kappa shape index (κ2) is 7.71. The minimum absolute atomic E-state index is 0.0816. The minimum Gasteiger partial charge on any atom is -0.356 e. The standard InChI is InChI=1S/C23H29BrN4O/c1-6-17-7-9-27(10-8-17)21-19-15(4)23(29)28(22(19)26-16(5)25-21)20-13(2)11-18(24)12-14(20)3/h11-12,15,17H,6-10H2,1-5H3. The number of aryl methyl sites for hydroxylation is 3. The molecule has 0 radical (unpaired) electrons. The SMILES string of the molecule is CCC1CCN(c2nc(C)nc3c2C(C)C(=O)N3c2c(C)cc(Br)cc2C)CC1. The van der Waals surface area contributed by atoms with Crippen LogP contribution in [-0.2, 0) is 4.79 Å². The van der Waals surface area contributed by atoms with Gasteiger partial charge in [0.15, 0.2) is 0 Å². The van der Waals surface area contributed by atoms with E-state index in [2.05, 4.69) is 39.9 Å². The van der Waals surface area contributed by atoms with E-state index in [1.54, 1.807) is 0 Å². The maximum atomic E-state index is 13.4. The monoisotopic (exact) mass is 456 g/mol. The molecule has 1 amide bonds. The van der Waals surface area contributed by atoms with Crippen LogP contribution in [0.2, 0.25) is 0 Å². The number of carbonyl (C=O) groups excluding carboxylic acids is 1. The van der Waals surface area contributed by atoms with Crippen LogP contribution in [0.4, 0.5) is 17.3 Å². The Morgan fingerprint density at radius 2 is 1.66 bits per heavy atom. The first kappa shape index (κ1) is 20.3. The predicted octanol–water partition coefficient (Wildman–Crippen LogP) is 5.57. The molecule has 5 nitrogen and oxygen atoms in total. The smallest absolute Gasteiger partial charge is 0.240 e. The lowest BCUT2D eigenvalue weighted by Crippen LogP contribution is -2.35. The van der Waals surface area contributed by atoms with Crippen LogP contribution < -0.4 is 9.80 Å². The van der Waals surface area contributed by atoms with E-state index in [0.717, 1.165) is 63.3 Å². The summed E-state index contributed by atoms with van der Waals surface area (Å²) in [5.41, 5.74) is 4.05. The molecule has 1 fully saturated rings. The van der Waals surface area contributed by atoms with E-state index in [1.165, 1.54) is 19.3 Å². The number of benzene rings is 1. The molecule has 154 valence electrons. The summed E-state index contributed by atoms with van der Waals surface area (Å²) in [6.07, 6.45) is 3.61. The van der Waals surface area contributed by atoms with Gasteiger partial charge < -0.3 is 4.90 Å². The Morgan fingerprint density at radius 1 is 1.07 bits per heavy atom. The average molecular weight is 457 g/mol. The molecule has 0 N–H and O–H groups in total. The van der Waals surface area contributed by atoms with Crippen molar-refractivity contribution < 1.29 is 4.79 Å². The lowest BCUT2D eigenvalue weighted by Gasteiger charge is -2.33. The van der Waals surface area contributed by atoms with Gasteiger partial charge in [0.05, 0.1) is 17.2 Å². The normalized spacial score (nSPS) is 19.8. The molecule has 1 saturated heterocycles. The Hall–Kier alpha value is -1.95. The summed E-state index contributed by atoms with van der Waals surface area (Å²) in [6.45, 7) is 12.3. The number of amides is 1. The van der Waals surface area contributed by atoms with Crippen molar-refractivity contribution in [3.05, 3.63) is 39.1 Å². The van der Waals surface area contributed by atoms with Gasteiger partial charge >= 0.3 is 0 Å². The van der Waals surface area contributed by atoms with Crippen LogP contribution in [-0.4, -0.2) is 29.0 Å². The molecule has 0 aliphatic carbocycles. The highest BCUT2D eigenvalue weighted by molar-refractivity contribution is 9.10. The van der Waals surface area contributed by atoms with Crippen molar-refractivity contribution in [1.82, 2.24) is 9.97 Å². The molecule has 2 aliphatic heterocycles. The van der Waals surface area contributed by atoms with Crippen LogP contribution in [0.5, 0.6) is 0 Å². The Bertz CT molecular complexity index is 943. The lowest BCUT2D eigenvalue weighted by atomic mass is 9.94. The molecule has 1 aromatic heterocycles. The average Bonchev–Trinajstić information content (AvgIpc) is 2.92. The maximum Gasteiger partial charge on any atom is 0.240 e. The quantitative estimate of drug-likeness (QED) is 0.605. The highest BCUT2D eigenvalue weighted by Gasteiger charge is 2.42. The molecule has 1 atom stereocenters. The molecule has 1 unspecified atom stereocenters. The predicted molar refractivity (Wildman–Crippen MR) is 121 cm³/mol. The van der Waals surface area contributed by atoms with Gasteiger partial charge in [0.1, 0.15) is 17.5 Å². The first-order valence-corrected chi connectivity index (χ1v) is 11.3. The molecule has 6 heteroatoms. The number of hydrogen-bond donors (Lipinski definition) is 0. The van der Waals surface area contributed by atoms with Gasteiger partial charge in [0.25, 0.3) is 0 Å². The molecule has 0 saturated carbocycles.